The van der Waals surface area contributed by atoms with E-state index >= 15 is 0 Å². The highest BCUT2D eigenvalue weighted by atomic mass is 14.9. The summed E-state index contributed by atoms with van der Waals surface area (Å²) >= 11 is 0. The summed E-state index contributed by atoms with van der Waals surface area (Å²) in [7, 11) is 0. The second kappa shape index (κ2) is 7.16. The Kier molecular flexibility index (Phi) is 4.40. The highest BCUT2D eigenvalue weighted by molar-refractivity contribution is 5.72. The van der Waals surface area contributed by atoms with Crippen LogP contribution in [-0.4, -0.2) is 9.97 Å². The number of rotatable bonds is 4. The third kappa shape index (κ3) is 3.31. The lowest BCUT2D eigenvalue weighted by Crippen LogP contribution is -1.95. The van der Waals surface area contributed by atoms with Crippen LogP contribution in [0.25, 0.3) is 40.0 Å². The van der Waals surface area contributed by atoms with Gasteiger partial charge in [0.05, 0.1) is 11.4 Å². The molecule has 1 aromatic heterocycles. The number of hydrogen-bond acceptors (Lipinski definition) is 2. The van der Waals surface area contributed by atoms with Crippen molar-refractivity contribution >= 4 is 6.08 Å². The minimum atomic E-state index is 0.731. The van der Waals surface area contributed by atoms with Gasteiger partial charge in [-0.1, -0.05) is 97.6 Å². The molecule has 4 aromatic rings. The lowest BCUT2D eigenvalue weighted by molar-refractivity contribution is 1.18. The first-order valence-electron chi connectivity index (χ1n) is 8.56. The van der Waals surface area contributed by atoms with Crippen LogP contribution in [0, 0.1) is 0 Å². The average molecular weight is 334 g/mol. The minimum absolute atomic E-state index is 0.731. The number of nitrogens with zero attached hydrogens (tertiary/aromatic N) is 2. The molecule has 0 saturated heterocycles. The van der Waals surface area contributed by atoms with E-state index in [1.807, 2.05) is 60.7 Å². The molecular weight excluding hydrogens is 316 g/mol. The van der Waals surface area contributed by atoms with Gasteiger partial charge in [0.2, 0.25) is 0 Å². The van der Waals surface area contributed by atoms with Crippen molar-refractivity contribution in [2.24, 2.45) is 0 Å². The molecule has 0 aliphatic carbocycles. The first-order chi connectivity index (χ1) is 12.8. The Morgan fingerprint density at radius 1 is 0.577 bits per heavy atom. The van der Waals surface area contributed by atoms with E-state index in [1.165, 1.54) is 0 Å². The molecule has 124 valence electrons. The highest BCUT2D eigenvalue weighted by Crippen LogP contribution is 2.27. The molecule has 1 heterocycles. The Bertz CT molecular complexity index is 963. The van der Waals surface area contributed by atoms with Gasteiger partial charge in [-0.2, -0.15) is 0 Å². The predicted octanol–water partition coefficient (Wildman–Crippen LogP) is 6.12. The average Bonchev–Trinajstić information content (AvgIpc) is 2.75. The fourth-order valence-corrected chi connectivity index (χ4v) is 2.86. The number of aromatic nitrogens is 2. The Morgan fingerprint density at radius 2 is 1.08 bits per heavy atom. The van der Waals surface area contributed by atoms with Crippen LogP contribution < -0.4 is 0 Å². The van der Waals surface area contributed by atoms with Gasteiger partial charge >= 0.3 is 0 Å². The molecular formula is C24H18N2. The standard InChI is InChI=1S/C24H18N2/c1-2-18-13-15-20(16-14-18)23-17-22(19-9-5-3-6-10-19)25-24(26-23)21-11-7-4-8-12-21/h2-17H,1H2. The van der Waals surface area contributed by atoms with E-state index in [0.717, 1.165) is 39.5 Å². The van der Waals surface area contributed by atoms with Gasteiger partial charge in [-0.3, -0.25) is 0 Å². The topological polar surface area (TPSA) is 25.8 Å². The van der Waals surface area contributed by atoms with E-state index in [2.05, 4.69) is 43.0 Å². The van der Waals surface area contributed by atoms with Crippen LogP contribution in [0.4, 0.5) is 0 Å². The second-order valence-corrected chi connectivity index (χ2v) is 6.02. The smallest absolute Gasteiger partial charge is 0.160 e. The molecule has 2 heteroatoms. The fraction of sp³-hybridized carbons (Fsp3) is 0. The van der Waals surface area contributed by atoms with Gasteiger partial charge in [0.15, 0.2) is 5.82 Å². The van der Waals surface area contributed by atoms with E-state index in [1.54, 1.807) is 0 Å². The molecule has 0 atom stereocenters. The third-order valence-corrected chi connectivity index (χ3v) is 4.27. The maximum absolute atomic E-state index is 4.82. The van der Waals surface area contributed by atoms with Crippen molar-refractivity contribution in [1.82, 2.24) is 9.97 Å². The summed E-state index contributed by atoms with van der Waals surface area (Å²) < 4.78 is 0. The molecule has 26 heavy (non-hydrogen) atoms. The third-order valence-electron chi connectivity index (χ3n) is 4.27. The molecule has 0 bridgehead atoms. The molecule has 4 rings (SSSR count). The summed E-state index contributed by atoms with van der Waals surface area (Å²) in [6, 6.07) is 30.6. The van der Waals surface area contributed by atoms with Crippen LogP contribution in [0.1, 0.15) is 5.56 Å². The molecule has 0 radical (unpaired) electrons. The largest absolute Gasteiger partial charge is 0.228 e. The van der Waals surface area contributed by atoms with Gasteiger partial charge in [-0.15, -0.1) is 0 Å². The Balaban J connectivity index is 1.88. The highest BCUT2D eigenvalue weighted by Gasteiger charge is 2.10. The summed E-state index contributed by atoms with van der Waals surface area (Å²) in [5.74, 6) is 0.731. The Hall–Kier alpha value is -3.52. The van der Waals surface area contributed by atoms with Crippen molar-refractivity contribution in [2.45, 2.75) is 0 Å². The lowest BCUT2D eigenvalue weighted by atomic mass is 10.1. The van der Waals surface area contributed by atoms with Gasteiger partial charge in [0.1, 0.15) is 0 Å². The SMILES string of the molecule is C=Cc1ccc(-c2cc(-c3ccccc3)nc(-c3ccccc3)n2)cc1. The number of benzene rings is 3. The van der Waals surface area contributed by atoms with Crippen molar-refractivity contribution in [2.75, 3.05) is 0 Å². The first kappa shape index (κ1) is 16.0. The van der Waals surface area contributed by atoms with Crippen LogP contribution in [-0.2, 0) is 0 Å². The molecule has 0 amide bonds. The summed E-state index contributed by atoms with van der Waals surface area (Å²) in [6.45, 7) is 3.82. The monoisotopic (exact) mass is 334 g/mol. The van der Waals surface area contributed by atoms with Crippen molar-refractivity contribution in [3.63, 3.8) is 0 Å². The van der Waals surface area contributed by atoms with E-state index < -0.39 is 0 Å². The maximum Gasteiger partial charge on any atom is 0.160 e. The second-order valence-electron chi connectivity index (χ2n) is 6.02. The Morgan fingerprint density at radius 3 is 1.62 bits per heavy atom. The summed E-state index contributed by atoms with van der Waals surface area (Å²) in [5.41, 5.74) is 6.07. The minimum Gasteiger partial charge on any atom is -0.228 e. The molecule has 0 N–H and O–H groups in total. The zero-order chi connectivity index (χ0) is 17.8. The molecule has 2 nitrogen and oxygen atoms in total. The molecule has 0 spiro atoms. The van der Waals surface area contributed by atoms with Crippen molar-refractivity contribution in [3.05, 3.63) is 103 Å². The predicted molar refractivity (Wildman–Crippen MR) is 108 cm³/mol. The fourth-order valence-electron chi connectivity index (χ4n) is 2.86. The number of hydrogen-bond donors (Lipinski definition) is 0. The molecule has 0 unspecified atom stereocenters. The van der Waals surface area contributed by atoms with Gasteiger partial charge < -0.3 is 0 Å². The van der Waals surface area contributed by atoms with Gasteiger partial charge in [-0.25, -0.2) is 9.97 Å². The van der Waals surface area contributed by atoms with Gasteiger partial charge in [0, 0.05) is 16.7 Å². The van der Waals surface area contributed by atoms with Crippen LogP contribution in [0.5, 0.6) is 0 Å². The molecule has 0 aliphatic rings. The van der Waals surface area contributed by atoms with Crippen molar-refractivity contribution in [1.29, 1.82) is 0 Å². The summed E-state index contributed by atoms with van der Waals surface area (Å²) in [5, 5.41) is 0. The zero-order valence-electron chi connectivity index (χ0n) is 14.3. The first-order valence-corrected chi connectivity index (χ1v) is 8.56. The van der Waals surface area contributed by atoms with E-state index in [4.69, 9.17) is 9.97 Å². The van der Waals surface area contributed by atoms with E-state index in [-0.39, 0.29) is 0 Å². The lowest BCUT2D eigenvalue weighted by Gasteiger charge is -2.09. The van der Waals surface area contributed by atoms with E-state index in [0.29, 0.717) is 0 Å². The van der Waals surface area contributed by atoms with Crippen LogP contribution >= 0.6 is 0 Å². The van der Waals surface area contributed by atoms with Gasteiger partial charge in [0.25, 0.3) is 0 Å². The van der Waals surface area contributed by atoms with Gasteiger partial charge in [-0.05, 0) is 11.6 Å². The van der Waals surface area contributed by atoms with E-state index in [9.17, 15) is 0 Å². The summed E-state index contributed by atoms with van der Waals surface area (Å²) in [6.07, 6.45) is 1.84. The van der Waals surface area contributed by atoms with Crippen molar-refractivity contribution in [3.8, 4) is 33.9 Å². The summed E-state index contributed by atoms with van der Waals surface area (Å²) in [4.78, 5) is 9.62. The maximum atomic E-state index is 4.82. The molecule has 0 aliphatic heterocycles. The van der Waals surface area contributed by atoms with Crippen LogP contribution in [0.3, 0.4) is 0 Å². The van der Waals surface area contributed by atoms with Crippen LogP contribution in [0.2, 0.25) is 0 Å². The molecule has 0 saturated carbocycles. The normalized spacial score (nSPS) is 10.5. The van der Waals surface area contributed by atoms with Crippen molar-refractivity contribution < 1.29 is 0 Å². The molecule has 0 fully saturated rings. The zero-order valence-corrected chi connectivity index (χ0v) is 14.3. The van der Waals surface area contributed by atoms with Crippen LogP contribution in [0.15, 0.2) is 97.6 Å². The molecule has 3 aromatic carbocycles. The quantitative estimate of drug-likeness (QED) is 0.449. The Labute approximate surface area is 153 Å².